The smallest absolute Gasteiger partial charge is 0.116 e. The Morgan fingerprint density at radius 3 is 3.22 bits per heavy atom. The summed E-state index contributed by atoms with van der Waals surface area (Å²) in [4.78, 5) is 0. The fraction of sp³-hybridized carbons (Fsp3) is 0.500. The maximum atomic E-state index is 8.42. The monoisotopic (exact) mass is 125 g/mol. The summed E-state index contributed by atoms with van der Waals surface area (Å²) in [7, 11) is 0. The van der Waals surface area contributed by atoms with E-state index in [0.29, 0.717) is 0 Å². The largest absolute Gasteiger partial charge is 0.396 e. The second kappa shape index (κ2) is 3.25. The Morgan fingerprint density at radius 2 is 2.67 bits per heavy atom. The van der Waals surface area contributed by atoms with Gasteiger partial charge in [-0.05, 0) is 18.4 Å². The Morgan fingerprint density at radius 1 is 1.78 bits per heavy atom. The molecule has 1 aromatic heterocycles. The van der Waals surface area contributed by atoms with E-state index in [4.69, 9.17) is 5.11 Å². The van der Waals surface area contributed by atoms with Crippen molar-refractivity contribution in [3.05, 3.63) is 18.0 Å². The van der Waals surface area contributed by atoms with Crippen LogP contribution in [0, 0.1) is 6.20 Å². The molecule has 0 fully saturated rings. The number of nitrogens with zero attached hydrogens (tertiary/aromatic N) is 1. The molecule has 0 aromatic carbocycles. The average Bonchev–Trinajstić information content (AvgIpc) is 2.34. The van der Waals surface area contributed by atoms with E-state index in [1.165, 1.54) is 0 Å². The Balaban J connectivity index is 2.30. The molecule has 0 aliphatic heterocycles. The molecule has 3 heteroatoms. The summed E-state index contributed by atoms with van der Waals surface area (Å²) in [6.07, 6.45) is 6.18. The molecule has 0 saturated carbocycles. The first-order valence-corrected chi connectivity index (χ1v) is 2.94. The topological polar surface area (TPSA) is 48.9 Å². The van der Waals surface area contributed by atoms with E-state index in [1.54, 1.807) is 6.20 Å². The van der Waals surface area contributed by atoms with Crippen molar-refractivity contribution >= 4 is 0 Å². The molecule has 0 aliphatic rings. The zero-order valence-corrected chi connectivity index (χ0v) is 5.09. The van der Waals surface area contributed by atoms with Crippen molar-refractivity contribution in [1.82, 2.24) is 10.2 Å². The zero-order valence-electron chi connectivity index (χ0n) is 5.09. The molecule has 49 valence electrons. The number of aryl methyl sites for hydroxylation is 1. The van der Waals surface area contributed by atoms with E-state index in [0.717, 1.165) is 18.4 Å². The maximum absolute atomic E-state index is 8.42. The maximum Gasteiger partial charge on any atom is 0.116 e. The summed E-state index contributed by atoms with van der Waals surface area (Å²) in [5, 5.41) is 14.7. The van der Waals surface area contributed by atoms with Crippen LogP contribution in [0.2, 0.25) is 0 Å². The third-order valence-electron chi connectivity index (χ3n) is 1.11. The summed E-state index contributed by atoms with van der Waals surface area (Å²) in [5.41, 5.74) is 1.03. The van der Waals surface area contributed by atoms with Crippen LogP contribution in [-0.4, -0.2) is 21.9 Å². The molecule has 0 unspecified atom stereocenters. The fourth-order valence-corrected chi connectivity index (χ4v) is 0.644. The summed E-state index contributed by atoms with van der Waals surface area (Å²) >= 11 is 0. The van der Waals surface area contributed by atoms with Gasteiger partial charge in [-0.2, -0.15) is 5.10 Å². The summed E-state index contributed by atoms with van der Waals surface area (Å²) in [6, 6.07) is 0. The number of hydrogen-bond donors (Lipinski definition) is 2. The molecule has 1 radical (unpaired) electrons. The highest BCUT2D eigenvalue weighted by molar-refractivity contribution is 5.00. The average molecular weight is 125 g/mol. The van der Waals surface area contributed by atoms with Crippen LogP contribution in [0.4, 0.5) is 0 Å². The first kappa shape index (κ1) is 6.29. The summed E-state index contributed by atoms with van der Waals surface area (Å²) in [6.45, 7) is 0.235. The SMILES string of the molecule is OCCCc1[c]n[nH]c1. The van der Waals surface area contributed by atoms with Gasteiger partial charge in [-0.1, -0.05) is 0 Å². The predicted molar refractivity (Wildman–Crippen MR) is 32.8 cm³/mol. The third-order valence-corrected chi connectivity index (χ3v) is 1.11. The highest BCUT2D eigenvalue weighted by Crippen LogP contribution is 1.96. The zero-order chi connectivity index (χ0) is 6.53. The second-order valence-corrected chi connectivity index (χ2v) is 1.85. The Labute approximate surface area is 53.7 Å². The van der Waals surface area contributed by atoms with Gasteiger partial charge >= 0.3 is 0 Å². The minimum atomic E-state index is 0.235. The van der Waals surface area contributed by atoms with Crippen LogP contribution in [0.15, 0.2) is 6.20 Å². The van der Waals surface area contributed by atoms with Crippen LogP contribution in [0.3, 0.4) is 0 Å². The molecule has 2 N–H and O–H groups in total. The van der Waals surface area contributed by atoms with Crippen molar-refractivity contribution in [1.29, 1.82) is 0 Å². The van der Waals surface area contributed by atoms with Crippen LogP contribution in [-0.2, 0) is 6.42 Å². The van der Waals surface area contributed by atoms with Crippen molar-refractivity contribution in [2.75, 3.05) is 6.61 Å². The molecule has 1 heterocycles. The number of aromatic nitrogens is 2. The van der Waals surface area contributed by atoms with Gasteiger partial charge in [0.15, 0.2) is 0 Å². The van der Waals surface area contributed by atoms with E-state index in [9.17, 15) is 0 Å². The van der Waals surface area contributed by atoms with Gasteiger partial charge in [-0.15, -0.1) is 0 Å². The van der Waals surface area contributed by atoms with Crippen LogP contribution in [0.1, 0.15) is 12.0 Å². The second-order valence-electron chi connectivity index (χ2n) is 1.85. The molecule has 0 bridgehead atoms. The van der Waals surface area contributed by atoms with E-state index in [-0.39, 0.29) is 6.61 Å². The normalized spacial score (nSPS) is 9.89. The van der Waals surface area contributed by atoms with Crippen molar-refractivity contribution in [2.45, 2.75) is 12.8 Å². The van der Waals surface area contributed by atoms with Crippen LogP contribution >= 0.6 is 0 Å². The molecule has 0 atom stereocenters. The molecule has 0 aliphatic carbocycles. The van der Waals surface area contributed by atoms with E-state index >= 15 is 0 Å². The Hall–Kier alpha value is -0.830. The number of aliphatic hydroxyl groups is 1. The van der Waals surface area contributed by atoms with Gasteiger partial charge in [0.2, 0.25) is 0 Å². The van der Waals surface area contributed by atoms with Gasteiger partial charge in [0.05, 0.1) is 0 Å². The number of aromatic amines is 1. The highest BCUT2D eigenvalue weighted by atomic mass is 16.2. The van der Waals surface area contributed by atoms with Crippen molar-refractivity contribution < 1.29 is 5.11 Å². The van der Waals surface area contributed by atoms with E-state index < -0.39 is 0 Å². The lowest BCUT2D eigenvalue weighted by Gasteiger charge is -1.88. The molecule has 0 spiro atoms. The molecule has 0 amide bonds. The standard InChI is InChI=1S/C6H9N2O/c9-3-1-2-6-4-7-8-5-6/h4,9H,1-3H2,(H,7,8). The van der Waals surface area contributed by atoms with Gasteiger partial charge < -0.3 is 5.11 Å². The molecule has 1 rings (SSSR count). The molecule has 1 aromatic rings. The number of nitrogens with one attached hydrogen (secondary N) is 1. The summed E-state index contributed by atoms with van der Waals surface area (Å²) in [5.74, 6) is 0. The molecule has 3 nitrogen and oxygen atoms in total. The predicted octanol–water partition coefficient (Wildman–Crippen LogP) is 0.135. The van der Waals surface area contributed by atoms with Gasteiger partial charge in [-0.3, -0.25) is 5.10 Å². The van der Waals surface area contributed by atoms with Gasteiger partial charge in [-0.25, -0.2) is 0 Å². The summed E-state index contributed by atoms with van der Waals surface area (Å²) < 4.78 is 0. The Bertz CT molecular complexity index is 148. The van der Waals surface area contributed by atoms with Crippen molar-refractivity contribution in [3.8, 4) is 0 Å². The first-order valence-electron chi connectivity index (χ1n) is 2.94. The number of hydrogen-bond acceptors (Lipinski definition) is 2. The first-order chi connectivity index (χ1) is 4.43. The molecule has 0 saturated heterocycles. The lowest BCUT2D eigenvalue weighted by molar-refractivity contribution is 0.288. The quantitative estimate of drug-likeness (QED) is 0.603. The van der Waals surface area contributed by atoms with Crippen molar-refractivity contribution in [3.63, 3.8) is 0 Å². The number of rotatable bonds is 3. The van der Waals surface area contributed by atoms with Crippen molar-refractivity contribution in [2.24, 2.45) is 0 Å². The molecular formula is C6H9N2O. The van der Waals surface area contributed by atoms with Crippen LogP contribution < -0.4 is 0 Å². The fourth-order valence-electron chi connectivity index (χ4n) is 0.644. The van der Waals surface area contributed by atoms with E-state index in [2.05, 4.69) is 16.4 Å². The van der Waals surface area contributed by atoms with Crippen LogP contribution in [0.5, 0.6) is 0 Å². The third kappa shape index (κ3) is 1.85. The number of aliphatic hydroxyl groups excluding tert-OH is 1. The van der Waals surface area contributed by atoms with Gasteiger partial charge in [0.25, 0.3) is 0 Å². The minimum Gasteiger partial charge on any atom is -0.396 e. The minimum absolute atomic E-state index is 0.235. The lowest BCUT2D eigenvalue weighted by Crippen LogP contribution is -1.86. The molecule has 9 heavy (non-hydrogen) atoms. The Kier molecular flexibility index (Phi) is 2.27. The highest BCUT2D eigenvalue weighted by Gasteiger charge is 1.91. The van der Waals surface area contributed by atoms with Crippen LogP contribution in [0.25, 0.3) is 0 Å². The van der Waals surface area contributed by atoms with E-state index in [1.807, 2.05) is 0 Å². The van der Waals surface area contributed by atoms with Gasteiger partial charge in [0, 0.05) is 12.8 Å². The molecular weight excluding hydrogens is 116 g/mol. The lowest BCUT2D eigenvalue weighted by atomic mass is 10.2. The van der Waals surface area contributed by atoms with Gasteiger partial charge in [0.1, 0.15) is 6.20 Å². The number of H-pyrrole nitrogens is 1.